The number of sulfonamides is 1. The maximum absolute atomic E-state index is 12.7. The van der Waals surface area contributed by atoms with Crippen molar-refractivity contribution in [2.75, 3.05) is 26.8 Å². The van der Waals surface area contributed by atoms with E-state index in [1.807, 2.05) is 6.92 Å². The minimum Gasteiger partial charge on any atom is -0.462 e. The van der Waals surface area contributed by atoms with Crippen LogP contribution in [0.4, 0.5) is 0 Å². The molecule has 0 bridgehead atoms. The SMILES string of the molecule is COC1(COC(=O)C2CCCN(S(=O)(=O)c3ccc(C)s3)C2)CC1. The largest absolute Gasteiger partial charge is 0.462 e. The van der Waals surface area contributed by atoms with E-state index in [0.717, 1.165) is 17.7 Å². The van der Waals surface area contributed by atoms with E-state index in [4.69, 9.17) is 9.47 Å². The van der Waals surface area contributed by atoms with Gasteiger partial charge in [0.05, 0.1) is 5.92 Å². The van der Waals surface area contributed by atoms with E-state index in [1.165, 1.54) is 15.6 Å². The summed E-state index contributed by atoms with van der Waals surface area (Å²) >= 11 is 1.26. The van der Waals surface area contributed by atoms with E-state index < -0.39 is 15.9 Å². The zero-order valence-electron chi connectivity index (χ0n) is 14.0. The van der Waals surface area contributed by atoms with Gasteiger partial charge in [-0.1, -0.05) is 0 Å². The van der Waals surface area contributed by atoms with Gasteiger partial charge in [0.1, 0.15) is 16.4 Å². The molecule has 6 nitrogen and oxygen atoms in total. The molecule has 2 heterocycles. The van der Waals surface area contributed by atoms with Gasteiger partial charge >= 0.3 is 5.97 Å². The summed E-state index contributed by atoms with van der Waals surface area (Å²) in [5.74, 6) is -0.720. The van der Waals surface area contributed by atoms with Crippen LogP contribution in [0.15, 0.2) is 16.3 Å². The van der Waals surface area contributed by atoms with Crippen LogP contribution in [0.25, 0.3) is 0 Å². The molecule has 1 aromatic rings. The number of esters is 1. The summed E-state index contributed by atoms with van der Waals surface area (Å²) in [6.07, 6.45) is 3.13. The average molecular weight is 373 g/mol. The Labute approximate surface area is 146 Å². The van der Waals surface area contributed by atoms with Crippen molar-refractivity contribution in [1.29, 1.82) is 0 Å². The summed E-state index contributed by atoms with van der Waals surface area (Å²) in [4.78, 5) is 13.3. The first-order valence-corrected chi connectivity index (χ1v) is 10.4. The third-order valence-corrected chi connectivity index (χ3v) is 8.08. The van der Waals surface area contributed by atoms with E-state index in [1.54, 1.807) is 19.2 Å². The second kappa shape index (κ2) is 6.74. The van der Waals surface area contributed by atoms with Crippen LogP contribution in [0.2, 0.25) is 0 Å². The molecule has 2 aliphatic rings. The molecule has 1 saturated heterocycles. The molecule has 0 N–H and O–H groups in total. The number of aryl methyl sites for hydroxylation is 1. The Kier molecular flexibility index (Phi) is 5.01. The lowest BCUT2D eigenvalue weighted by Crippen LogP contribution is -2.43. The highest BCUT2D eigenvalue weighted by molar-refractivity contribution is 7.91. The summed E-state index contributed by atoms with van der Waals surface area (Å²) in [6, 6.07) is 3.43. The topological polar surface area (TPSA) is 72.9 Å². The lowest BCUT2D eigenvalue weighted by atomic mass is 10.00. The van der Waals surface area contributed by atoms with E-state index in [0.29, 0.717) is 23.6 Å². The van der Waals surface area contributed by atoms with E-state index >= 15 is 0 Å². The van der Waals surface area contributed by atoms with Crippen molar-refractivity contribution in [2.45, 2.75) is 42.4 Å². The van der Waals surface area contributed by atoms with Gasteiger partial charge in [-0.25, -0.2) is 8.42 Å². The summed E-state index contributed by atoms with van der Waals surface area (Å²) in [7, 11) is -1.90. The molecule has 1 atom stereocenters. The fraction of sp³-hybridized carbons (Fsp3) is 0.688. The Bertz CT molecular complexity index is 708. The molecule has 8 heteroatoms. The van der Waals surface area contributed by atoms with E-state index in [-0.39, 0.29) is 24.7 Å². The van der Waals surface area contributed by atoms with Crippen LogP contribution >= 0.6 is 11.3 Å². The van der Waals surface area contributed by atoms with Crippen LogP contribution in [0, 0.1) is 12.8 Å². The highest BCUT2D eigenvalue weighted by Gasteiger charge is 2.45. The molecule has 0 aromatic carbocycles. The van der Waals surface area contributed by atoms with Crippen molar-refractivity contribution in [3.8, 4) is 0 Å². The van der Waals surface area contributed by atoms with Gasteiger partial charge in [-0.3, -0.25) is 4.79 Å². The third-order valence-electron chi connectivity index (χ3n) is 4.75. The molecule has 3 rings (SSSR count). The molecule has 134 valence electrons. The first-order chi connectivity index (χ1) is 11.4. The van der Waals surface area contributed by atoms with Gasteiger partial charge in [0.15, 0.2) is 0 Å². The van der Waals surface area contributed by atoms with Crippen LogP contribution in [0.1, 0.15) is 30.6 Å². The van der Waals surface area contributed by atoms with E-state index in [9.17, 15) is 13.2 Å². The molecule has 0 amide bonds. The quantitative estimate of drug-likeness (QED) is 0.715. The van der Waals surface area contributed by atoms with Crippen LogP contribution in [0.3, 0.4) is 0 Å². The molecular weight excluding hydrogens is 350 g/mol. The number of thiophene rings is 1. The monoisotopic (exact) mass is 373 g/mol. The van der Waals surface area contributed by atoms with Crippen LogP contribution < -0.4 is 0 Å². The minimum absolute atomic E-state index is 0.193. The molecule has 0 spiro atoms. The predicted molar refractivity (Wildman–Crippen MR) is 90.5 cm³/mol. The number of carbonyl (C=O) groups is 1. The van der Waals surface area contributed by atoms with Crippen molar-refractivity contribution >= 4 is 27.3 Å². The molecular formula is C16H23NO5S2. The smallest absolute Gasteiger partial charge is 0.310 e. The van der Waals surface area contributed by atoms with Gasteiger partial charge in [-0.05, 0) is 44.7 Å². The number of carbonyl (C=O) groups excluding carboxylic acids is 1. The van der Waals surface area contributed by atoms with Crippen LogP contribution in [-0.4, -0.2) is 51.1 Å². The van der Waals surface area contributed by atoms with Crippen molar-refractivity contribution in [3.63, 3.8) is 0 Å². The van der Waals surface area contributed by atoms with Crippen molar-refractivity contribution in [1.82, 2.24) is 4.31 Å². The lowest BCUT2D eigenvalue weighted by Gasteiger charge is -2.30. The van der Waals surface area contributed by atoms with Crippen LogP contribution in [-0.2, 0) is 24.3 Å². The van der Waals surface area contributed by atoms with Gasteiger partial charge in [0.25, 0.3) is 10.0 Å². The standard InChI is InChI=1S/C16H23NO5S2/c1-12-5-6-14(23-12)24(19,20)17-9-3-4-13(10-17)15(18)22-11-16(21-2)7-8-16/h5-6,13H,3-4,7-11H2,1-2H3. The zero-order chi connectivity index (χ0) is 17.4. The number of hydrogen-bond acceptors (Lipinski definition) is 6. The van der Waals surface area contributed by atoms with Gasteiger partial charge in [0.2, 0.25) is 0 Å². The Balaban J connectivity index is 1.62. The molecule has 1 aliphatic heterocycles. The fourth-order valence-corrected chi connectivity index (χ4v) is 5.86. The van der Waals surface area contributed by atoms with Crippen molar-refractivity contribution in [2.24, 2.45) is 5.92 Å². The Morgan fingerprint density at radius 3 is 2.75 bits per heavy atom. The van der Waals surface area contributed by atoms with Crippen molar-refractivity contribution in [3.05, 3.63) is 17.0 Å². The Morgan fingerprint density at radius 2 is 2.17 bits per heavy atom. The molecule has 1 aromatic heterocycles. The van der Waals surface area contributed by atoms with Crippen LogP contribution in [0.5, 0.6) is 0 Å². The van der Waals surface area contributed by atoms with Gasteiger partial charge < -0.3 is 9.47 Å². The van der Waals surface area contributed by atoms with Crippen molar-refractivity contribution < 1.29 is 22.7 Å². The first kappa shape index (κ1) is 17.8. The maximum Gasteiger partial charge on any atom is 0.310 e. The van der Waals surface area contributed by atoms with Gasteiger partial charge in [0, 0.05) is 25.1 Å². The molecule has 1 saturated carbocycles. The summed E-state index contributed by atoms with van der Waals surface area (Å²) in [5, 5.41) is 0. The highest BCUT2D eigenvalue weighted by atomic mass is 32.2. The molecule has 1 unspecified atom stereocenters. The van der Waals surface area contributed by atoms with Gasteiger partial charge in [-0.2, -0.15) is 4.31 Å². The summed E-state index contributed by atoms with van der Waals surface area (Å²) < 4.78 is 37.9. The summed E-state index contributed by atoms with van der Waals surface area (Å²) in [6.45, 7) is 2.78. The number of ether oxygens (including phenoxy) is 2. The third kappa shape index (κ3) is 3.66. The van der Waals surface area contributed by atoms with Gasteiger partial charge in [-0.15, -0.1) is 11.3 Å². The number of nitrogens with zero attached hydrogens (tertiary/aromatic N) is 1. The second-order valence-electron chi connectivity index (χ2n) is 6.56. The molecule has 1 aliphatic carbocycles. The fourth-order valence-electron chi connectivity index (χ4n) is 2.90. The molecule has 0 radical (unpaired) electrons. The average Bonchev–Trinajstić information content (AvgIpc) is 3.24. The molecule has 24 heavy (non-hydrogen) atoms. The predicted octanol–water partition coefficient (Wildman–Crippen LogP) is 2.18. The lowest BCUT2D eigenvalue weighted by molar-refractivity contribution is -0.154. The minimum atomic E-state index is -3.52. The number of piperidine rings is 1. The number of rotatable bonds is 6. The summed E-state index contributed by atoms with van der Waals surface area (Å²) in [5.41, 5.74) is -0.301. The normalized spacial score (nSPS) is 23.8. The highest BCUT2D eigenvalue weighted by Crippen LogP contribution is 2.39. The molecule has 2 fully saturated rings. The Morgan fingerprint density at radius 1 is 1.42 bits per heavy atom. The zero-order valence-corrected chi connectivity index (χ0v) is 15.6. The number of hydrogen-bond donors (Lipinski definition) is 0. The Hall–Kier alpha value is -0.960. The maximum atomic E-state index is 12.7. The number of methoxy groups -OCH3 is 1. The van der Waals surface area contributed by atoms with E-state index in [2.05, 4.69) is 0 Å². The first-order valence-electron chi connectivity index (χ1n) is 8.15. The second-order valence-corrected chi connectivity index (χ2v) is 10.0.